The van der Waals surface area contributed by atoms with Crippen molar-refractivity contribution in [2.75, 3.05) is 5.75 Å². The van der Waals surface area contributed by atoms with Gasteiger partial charge < -0.3 is 0 Å². The lowest BCUT2D eigenvalue weighted by atomic mass is 10.1. The number of hydrogen-bond donors (Lipinski definition) is 0. The number of nitriles is 1. The zero-order valence-electron chi connectivity index (χ0n) is 4.42. The summed E-state index contributed by atoms with van der Waals surface area (Å²) < 4.78 is 0. The molecule has 1 heterocycles. The van der Waals surface area contributed by atoms with E-state index in [0.717, 1.165) is 5.75 Å². The van der Waals surface area contributed by atoms with Crippen LogP contribution >= 0.6 is 11.8 Å². The van der Waals surface area contributed by atoms with Crippen LogP contribution in [0.1, 0.15) is 6.42 Å². The second-order valence-corrected chi connectivity index (χ2v) is 2.66. The molecule has 1 rings (SSSR count). The van der Waals surface area contributed by atoms with Gasteiger partial charge in [0.15, 0.2) is 7.28 Å². The van der Waals surface area contributed by atoms with Crippen molar-refractivity contribution in [1.82, 2.24) is 0 Å². The third-order valence-corrected chi connectivity index (χ3v) is 1.80. The van der Waals surface area contributed by atoms with E-state index >= 15 is 0 Å². The highest BCUT2D eigenvalue weighted by Crippen LogP contribution is 2.23. The van der Waals surface area contributed by atoms with Crippen molar-refractivity contribution >= 4 is 19.0 Å². The van der Waals surface area contributed by atoms with Gasteiger partial charge >= 0.3 is 0 Å². The highest BCUT2D eigenvalue weighted by Gasteiger charge is 2.07. The van der Waals surface area contributed by atoms with Gasteiger partial charge in [-0.05, 0) is 0 Å². The highest BCUT2D eigenvalue weighted by atomic mass is 32.2. The average Bonchev–Trinajstić information content (AvgIpc) is 2.51. The molecular formula is C5H5BNS. The van der Waals surface area contributed by atoms with Gasteiger partial charge in [0.2, 0.25) is 0 Å². The second kappa shape index (κ2) is 2.83. The summed E-state index contributed by atoms with van der Waals surface area (Å²) in [7, 11) is 2.06. The van der Waals surface area contributed by atoms with E-state index in [1.807, 2.05) is 0 Å². The third-order valence-electron chi connectivity index (χ3n) is 0.785. The molecule has 0 spiro atoms. The summed E-state index contributed by atoms with van der Waals surface area (Å²) in [6, 6.07) is 2.09. The molecule has 0 saturated carbocycles. The zero-order valence-corrected chi connectivity index (χ0v) is 5.24. The monoisotopic (exact) mass is 122 g/mol. The van der Waals surface area contributed by atoms with Gasteiger partial charge in [0.05, 0.1) is 6.07 Å². The Labute approximate surface area is 54.0 Å². The van der Waals surface area contributed by atoms with Crippen molar-refractivity contribution in [3.8, 4) is 6.07 Å². The lowest BCUT2D eigenvalue weighted by Crippen LogP contribution is -1.71. The fourth-order valence-corrected chi connectivity index (χ4v) is 1.03. The molecule has 0 aromatic rings. The molecule has 0 amide bonds. The van der Waals surface area contributed by atoms with E-state index in [1.165, 1.54) is 4.80 Å². The van der Waals surface area contributed by atoms with Crippen LogP contribution in [-0.4, -0.2) is 13.0 Å². The number of rotatable bonds is 3. The summed E-state index contributed by atoms with van der Waals surface area (Å²) in [6.45, 7) is 0. The Balaban J connectivity index is 1.90. The van der Waals surface area contributed by atoms with Gasteiger partial charge in [-0.25, -0.2) is 0 Å². The first kappa shape index (κ1) is 5.78. The van der Waals surface area contributed by atoms with E-state index < -0.39 is 0 Å². The Morgan fingerprint density at radius 2 is 2.62 bits per heavy atom. The molecule has 3 heteroatoms. The van der Waals surface area contributed by atoms with Crippen LogP contribution < -0.4 is 0 Å². The number of nitrogens with zero attached hydrogens (tertiary/aromatic N) is 1. The van der Waals surface area contributed by atoms with Crippen molar-refractivity contribution in [1.29, 1.82) is 5.26 Å². The molecule has 0 N–H and O–H groups in total. The van der Waals surface area contributed by atoms with Crippen molar-refractivity contribution in [3.05, 3.63) is 10.8 Å². The summed E-state index contributed by atoms with van der Waals surface area (Å²) in [5, 5.41) is 8.11. The van der Waals surface area contributed by atoms with Gasteiger partial charge in [0, 0.05) is 12.2 Å². The van der Waals surface area contributed by atoms with E-state index in [4.69, 9.17) is 5.26 Å². The standard InChI is InChI=1S/C5H5BNS/c7-2-1-3-8-5-4-6-5/h4H,1,3H2. The van der Waals surface area contributed by atoms with Gasteiger partial charge in [-0.2, -0.15) is 5.26 Å². The minimum atomic E-state index is 0.663. The van der Waals surface area contributed by atoms with Crippen LogP contribution in [0.5, 0.6) is 0 Å². The molecule has 0 bridgehead atoms. The fraction of sp³-hybridized carbons (Fsp3) is 0.400. The minimum Gasteiger partial charge on any atom is -0.198 e. The maximum Gasteiger partial charge on any atom is 0.188 e. The summed E-state index contributed by atoms with van der Waals surface area (Å²) in [6.07, 6.45) is 0.663. The molecule has 0 unspecified atom stereocenters. The summed E-state index contributed by atoms with van der Waals surface area (Å²) in [5.41, 5.74) is 0. The average molecular weight is 122 g/mol. The van der Waals surface area contributed by atoms with Crippen molar-refractivity contribution in [3.63, 3.8) is 0 Å². The molecule has 1 aliphatic heterocycles. The first-order valence-electron chi connectivity index (χ1n) is 2.48. The van der Waals surface area contributed by atoms with Crippen LogP contribution in [0.25, 0.3) is 0 Å². The Morgan fingerprint density at radius 1 is 1.88 bits per heavy atom. The highest BCUT2D eigenvalue weighted by molar-refractivity contribution is 8.05. The van der Waals surface area contributed by atoms with Crippen LogP contribution in [0.2, 0.25) is 0 Å². The summed E-state index contributed by atoms with van der Waals surface area (Å²) in [4.78, 5) is 1.33. The zero-order chi connectivity index (χ0) is 5.82. The van der Waals surface area contributed by atoms with Crippen molar-refractivity contribution < 1.29 is 0 Å². The van der Waals surface area contributed by atoms with Crippen LogP contribution in [0.3, 0.4) is 0 Å². The SMILES string of the molecule is N#CCCSC1=C[B]1. The molecule has 1 radical (unpaired) electrons. The van der Waals surface area contributed by atoms with Crippen LogP contribution in [0, 0.1) is 11.3 Å². The molecule has 8 heavy (non-hydrogen) atoms. The molecule has 0 aromatic carbocycles. The van der Waals surface area contributed by atoms with E-state index in [2.05, 4.69) is 19.3 Å². The molecule has 0 fully saturated rings. The molecule has 0 atom stereocenters. The fourth-order valence-electron chi connectivity index (χ4n) is 0.345. The van der Waals surface area contributed by atoms with Gasteiger partial charge in [0.1, 0.15) is 0 Å². The smallest absolute Gasteiger partial charge is 0.188 e. The molecular weight excluding hydrogens is 117 g/mol. The third kappa shape index (κ3) is 2.08. The van der Waals surface area contributed by atoms with Gasteiger partial charge in [-0.15, -0.1) is 17.7 Å². The predicted molar refractivity (Wildman–Crippen MR) is 36.5 cm³/mol. The molecule has 1 aliphatic rings. The Morgan fingerprint density at radius 3 is 3.12 bits per heavy atom. The topological polar surface area (TPSA) is 23.8 Å². The van der Waals surface area contributed by atoms with Gasteiger partial charge in [-0.1, -0.05) is 4.80 Å². The minimum absolute atomic E-state index is 0.663. The van der Waals surface area contributed by atoms with Crippen molar-refractivity contribution in [2.24, 2.45) is 0 Å². The molecule has 39 valence electrons. The quantitative estimate of drug-likeness (QED) is 0.414. The lowest BCUT2D eigenvalue weighted by Gasteiger charge is -1.85. The summed E-state index contributed by atoms with van der Waals surface area (Å²) >= 11 is 1.75. The van der Waals surface area contributed by atoms with Gasteiger partial charge in [-0.3, -0.25) is 0 Å². The Kier molecular flexibility index (Phi) is 2.05. The Hall–Kier alpha value is -0.355. The predicted octanol–water partition coefficient (Wildman–Crippen LogP) is 1.15. The normalized spacial score (nSPS) is 13.6. The van der Waals surface area contributed by atoms with Crippen LogP contribution in [0.15, 0.2) is 10.8 Å². The van der Waals surface area contributed by atoms with E-state index in [0.29, 0.717) is 6.42 Å². The van der Waals surface area contributed by atoms with E-state index in [9.17, 15) is 0 Å². The van der Waals surface area contributed by atoms with Crippen LogP contribution in [0.4, 0.5) is 0 Å². The number of thioether (sulfide) groups is 1. The summed E-state index contributed by atoms with van der Waals surface area (Å²) in [5.74, 6) is 3.00. The second-order valence-electron chi connectivity index (χ2n) is 1.49. The molecule has 0 aliphatic carbocycles. The number of hydrogen-bond acceptors (Lipinski definition) is 2. The molecule has 0 saturated heterocycles. The van der Waals surface area contributed by atoms with E-state index in [-0.39, 0.29) is 0 Å². The molecule has 1 nitrogen and oxygen atoms in total. The first-order chi connectivity index (χ1) is 3.93. The Bertz CT molecular complexity index is 147. The molecule has 0 aromatic heterocycles. The lowest BCUT2D eigenvalue weighted by molar-refractivity contribution is 1.24. The van der Waals surface area contributed by atoms with E-state index in [1.54, 1.807) is 11.8 Å². The first-order valence-corrected chi connectivity index (χ1v) is 3.47. The largest absolute Gasteiger partial charge is 0.198 e. The van der Waals surface area contributed by atoms with Gasteiger partial charge in [0.25, 0.3) is 0 Å². The maximum absolute atomic E-state index is 8.11. The maximum atomic E-state index is 8.11. The van der Waals surface area contributed by atoms with Crippen LogP contribution in [-0.2, 0) is 0 Å². The van der Waals surface area contributed by atoms with Crippen molar-refractivity contribution in [2.45, 2.75) is 6.42 Å².